The highest BCUT2D eigenvalue weighted by molar-refractivity contribution is 7.91. The van der Waals surface area contributed by atoms with Crippen molar-refractivity contribution in [1.29, 1.82) is 0 Å². The van der Waals surface area contributed by atoms with Crippen LogP contribution in [0.5, 0.6) is 17.2 Å². The van der Waals surface area contributed by atoms with Crippen molar-refractivity contribution in [3.8, 4) is 28.4 Å². The van der Waals surface area contributed by atoms with Crippen LogP contribution in [0.15, 0.2) is 216 Å². The van der Waals surface area contributed by atoms with Crippen LogP contribution in [-0.2, 0) is 15.3 Å². The van der Waals surface area contributed by atoms with Gasteiger partial charge in [-0.05, 0) is 182 Å². The van der Waals surface area contributed by atoms with Gasteiger partial charge < -0.3 is 19.3 Å². The average molecular weight is 877 g/mol. The molecular formula is C58H56N2O4S. The molecule has 0 heterocycles. The third kappa shape index (κ3) is 10.2. The van der Waals surface area contributed by atoms with Gasteiger partial charge in [-0.2, -0.15) is 0 Å². The summed E-state index contributed by atoms with van der Waals surface area (Å²) in [5, 5.41) is 0. The van der Waals surface area contributed by atoms with E-state index in [1.165, 1.54) is 0 Å². The Morgan fingerprint density at radius 3 is 1.12 bits per heavy atom. The first-order valence-corrected chi connectivity index (χ1v) is 23.8. The molecule has 8 rings (SSSR count). The lowest BCUT2D eigenvalue weighted by Crippen LogP contribution is -2.26. The first kappa shape index (κ1) is 44.5. The van der Waals surface area contributed by atoms with E-state index in [1.54, 1.807) is 36.4 Å². The fourth-order valence-corrected chi connectivity index (χ4v) is 8.88. The smallest absolute Gasteiger partial charge is 0.206 e. The van der Waals surface area contributed by atoms with Gasteiger partial charge in [0, 0.05) is 34.1 Å². The Hall–Kier alpha value is -7.09. The zero-order valence-electron chi connectivity index (χ0n) is 38.0. The summed E-state index contributed by atoms with van der Waals surface area (Å²) in [7, 11) is -3.68. The highest BCUT2D eigenvalue weighted by Crippen LogP contribution is 2.40. The molecule has 0 atom stereocenters. The van der Waals surface area contributed by atoms with Crippen LogP contribution >= 0.6 is 0 Å². The molecule has 0 aliphatic rings. The van der Waals surface area contributed by atoms with E-state index in [1.807, 2.05) is 72.8 Å². The first-order chi connectivity index (χ1) is 31.3. The quantitative estimate of drug-likeness (QED) is 0.0964. The molecule has 0 aromatic heterocycles. The number of sulfone groups is 1. The van der Waals surface area contributed by atoms with Gasteiger partial charge in [0.1, 0.15) is 22.8 Å². The summed E-state index contributed by atoms with van der Waals surface area (Å²) < 4.78 is 39.4. The molecule has 0 radical (unpaired) electrons. The maximum Gasteiger partial charge on any atom is 0.206 e. The fraction of sp³-hybridized carbons (Fsp3) is 0.172. The zero-order chi connectivity index (χ0) is 45.6. The Labute approximate surface area is 385 Å². The fourth-order valence-electron chi connectivity index (χ4n) is 7.62. The van der Waals surface area contributed by atoms with E-state index in [0.29, 0.717) is 11.5 Å². The summed E-state index contributed by atoms with van der Waals surface area (Å²) in [6.07, 6.45) is 1.88. The number of hydrogen-bond donors (Lipinski definition) is 0. The lowest BCUT2D eigenvalue weighted by Gasteiger charge is -2.27. The van der Waals surface area contributed by atoms with Crippen LogP contribution in [0.4, 0.5) is 34.1 Å². The summed E-state index contributed by atoms with van der Waals surface area (Å²) in [4.78, 5) is 4.96. The van der Waals surface area contributed by atoms with Crippen molar-refractivity contribution < 1.29 is 17.9 Å². The summed E-state index contributed by atoms with van der Waals surface area (Å²) in [5.41, 5.74) is 9.25. The molecule has 0 aliphatic carbocycles. The van der Waals surface area contributed by atoms with Gasteiger partial charge in [0.2, 0.25) is 9.84 Å². The molecule has 0 saturated carbocycles. The van der Waals surface area contributed by atoms with E-state index in [9.17, 15) is 8.42 Å². The second kappa shape index (κ2) is 18.9. The van der Waals surface area contributed by atoms with Gasteiger partial charge in [0.05, 0.1) is 9.79 Å². The van der Waals surface area contributed by atoms with E-state index in [0.717, 1.165) is 69.4 Å². The van der Waals surface area contributed by atoms with Crippen LogP contribution < -0.4 is 19.3 Å². The van der Waals surface area contributed by atoms with Gasteiger partial charge in [-0.1, -0.05) is 100 Å². The SMILES string of the molecule is CCC(C)(C)Oc1ccc(N(c2ccccc2)c2ccc(-c3ccc(N(c4ccccc4)c4ccc(Oc5ccc(S(=O)(=O)c6ccc(C(C)(C)CC)cc6)cc5)cc4)cc3)cc2)cc1. The van der Waals surface area contributed by atoms with Crippen LogP contribution in [0.25, 0.3) is 11.1 Å². The number of ether oxygens (including phenoxy) is 2. The van der Waals surface area contributed by atoms with Gasteiger partial charge in [-0.25, -0.2) is 8.42 Å². The van der Waals surface area contributed by atoms with Crippen molar-refractivity contribution in [3.05, 3.63) is 212 Å². The normalized spacial score (nSPS) is 11.8. The van der Waals surface area contributed by atoms with Crippen molar-refractivity contribution in [1.82, 2.24) is 0 Å². The molecule has 0 bridgehead atoms. The molecule has 0 fully saturated rings. The molecular weight excluding hydrogens is 821 g/mol. The minimum absolute atomic E-state index is 0.0226. The molecule has 65 heavy (non-hydrogen) atoms. The first-order valence-electron chi connectivity index (χ1n) is 22.3. The Morgan fingerprint density at radius 1 is 0.400 bits per heavy atom. The standard InChI is InChI=1S/C58H56N2O4S/c1-7-57(3,4)45-23-39-55(40-24-45)65(61,62)56-41-37-53(38-42-56)63-52-33-29-50(30-34-52)59(46-15-11-9-12-16-46)48-25-19-43(20-26-48)44-21-27-49(28-22-44)60(47-17-13-10-14-18-47)51-31-35-54(36-32-51)64-58(5,6)8-2/h9-42H,7-8H2,1-6H3. The molecule has 7 heteroatoms. The summed E-state index contributed by atoms with van der Waals surface area (Å²) in [5.74, 6) is 2.04. The van der Waals surface area contributed by atoms with E-state index in [-0.39, 0.29) is 20.8 Å². The number of anilines is 6. The number of nitrogens with zero attached hydrogens (tertiary/aromatic N) is 2. The van der Waals surface area contributed by atoms with Gasteiger partial charge in [-0.3, -0.25) is 0 Å². The van der Waals surface area contributed by atoms with Crippen molar-refractivity contribution in [3.63, 3.8) is 0 Å². The molecule has 8 aromatic carbocycles. The lowest BCUT2D eigenvalue weighted by atomic mass is 9.82. The molecule has 0 spiro atoms. The van der Waals surface area contributed by atoms with Crippen molar-refractivity contribution in [2.45, 2.75) is 75.2 Å². The van der Waals surface area contributed by atoms with Gasteiger partial charge >= 0.3 is 0 Å². The Bertz CT molecular complexity index is 2900. The maximum atomic E-state index is 13.5. The van der Waals surface area contributed by atoms with E-state index in [4.69, 9.17) is 9.47 Å². The van der Waals surface area contributed by atoms with Crippen LogP contribution in [-0.4, -0.2) is 14.0 Å². The maximum absolute atomic E-state index is 13.5. The Kier molecular flexibility index (Phi) is 13.0. The average Bonchev–Trinajstić information content (AvgIpc) is 3.34. The van der Waals surface area contributed by atoms with Crippen LogP contribution in [0, 0.1) is 0 Å². The monoisotopic (exact) mass is 876 g/mol. The topological polar surface area (TPSA) is 59.1 Å². The molecule has 0 N–H and O–H groups in total. The van der Waals surface area contributed by atoms with Crippen LogP contribution in [0.3, 0.4) is 0 Å². The van der Waals surface area contributed by atoms with E-state index in [2.05, 4.69) is 148 Å². The largest absolute Gasteiger partial charge is 0.488 e. The van der Waals surface area contributed by atoms with Gasteiger partial charge in [0.15, 0.2) is 0 Å². The third-order valence-electron chi connectivity index (χ3n) is 12.2. The molecule has 328 valence electrons. The minimum Gasteiger partial charge on any atom is -0.488 e. The Balaban J connectivity index is 0.983. The molecule has 0 aliphatic heterocycles. The summed E-state index contributed by atoms with van der Waals surface area (Å²) in [6.45, 7) is 12.8. The van der Waals surface area contributed by atoms with Crippen LogP contribution in [0.2, 0.25) is 0 Å². The number of para-hydroxylation sites is 2. The minimum atomic E-state index is -3.68. The zero-order valence-corrected chi connectivity index (χ0v) is 38.8. The highest BCUT2D eigenvalue weighted by atomic mass is 32.2. The Morgan fingerprint density at radius 2 is 0.738 bits per heavy atom. The molecule has 8 aromatic rings. The van der Waals surface area contributed by atoms with E-state index < -0.39 is 9.84 Å². The summed E-state index contributed by atoms with van der Waals surface area (Å²) >= 11 is 0. The predicted molar refractivity (Wildman–Crippen MR) is 268 cm³/mol. The number of rotatable bonds is 16. The van der Waals surface area contributed by atoms with Crippen LogP contribution in [0.1, 0.15) is 59.9 Å². The van der Waals surface area contributed by atoms with Crippen molar-refractivity contribution in [2.24, 2.45) is 0 Å². The number of hydrogen-bond acceptors (Lipinski definition) is 6. The van der Waals surface area contributed by atoms with Crippen molar-refractivity contribution >= 4 is 44.0 Å². The van der Waals surface area contributed by atoms with E-state index >= 15 is 0 Å². The molecule has 0 amide bonds. The van der Waals surface area contributed by atoms with Gasteiger partial charge in [0.25, 0.3) is 0 Å². The molecule has 6 nitrogen and oxygen atoms in total. The third-order valence-corrected chi connectivity index (χ3v) is 14.0. The summed E-state index contributed by atoms with van der Waals surface area (Å²) in [6, 6.07) is 68.1. The lowest BCUT2D eigenvalue weighted by molar-refractivity contribution is 0.105. The van der Waals surface area contributed by atoms with Gasteiger partial charge in [-0.15, -0.1) is 0 Å². The highest BCUT2D eigenvalue weighted by Gasteiger charge is 2.22. The molecule has 0 unspecified atom stereocenters. The predicted octanol–water partition coefficient (Wildman–Crippen LogP) is 16.2. The van der Waals surface area contributed by atoms with Crippen molar-refractivity contribution in [2.75, 3.05) is 9.80 Å². The molecule has 0 saturated heterocycles. The second-order valence-electron chi connectivity index (χ2n) is 17.5. The number of benzene rings is 8. The second-order valence-corrected chi connectivity index (χ2v) is 19.4.